The Balaban J connectivity index is 1.51. The minimum Gasteiger partial charge on any atom is -0.341 e. The number of fused-ring (bicyclic) bond motifs is 1. The zero-order chi connectivity index (χ0) is 18.8. The van der Waals surface area contributed by atoms with Gasteiger partial charge in [0.2, 0.25) is 11.8 Å². The highest BCUT2D eigenvalue weighted by atomic mass is 16.2. The number of carbonyl (C=O) groups excluding carboxylic acids is 2. The fourth-order valence-electron chi connectivity index (χ4n) is 4.02. The topological polar surface area (TPSA) is 71.3 Å². The van der Waals surface area contributed by atoms with Gasteiger partial charge in [-0.1, -0.05) is 30.3 Å². The number of benzene rings is 1. The van der Waals surface area contributed by atoms with Gasteiger partial charge in [0.15, 0.2) is 5.82 Å². The third-order valence-corrected chi connectivity index (χ3v) is 5.50. The second-order valence-corrected chi connectivity index (χ2v) is 7.38. The van der Waals surface area contributed by atoms with Gasteiger partial charge in [-0.25, -0.2) is 0 Å². The fourth-order valence-corrected chi connectivity index (χ4v) is 4.02. The van der Waals surface area contributed by atoms with Crippen LogP contribution in [0.15, 0.2) is 30.3 Å². The predicted molar refractivity (Wildman–Crippen MR) is 101 cm³/mol. The molecule has 142 valence electrons. The standard InChI is InChI=1S/C20H25N5O2/c1-23(14-17(26)24-11-5-6-12-24)20(27)16-10-7-13-25-18(21-22-19(16)25)15-8-3-2-4-9-15/h2-4,8-9,16H,5-7,10-14H2,1H3. The van der Waals surface area contributed by atoms with Gasteiger partial charge < -0.3 is 14.4 Å². The Morgan fingerprint density at radius 3 is 2.56 bits per heavy atom. The fraction of sp³-hybridized carbons (Fsp3) is 0.500. The molecular weight excluding hydrogens is 342 g/mol. The average Bonchev–Trinajstić information content (AvgIpc) is 3.37. The summed E-state index contributed by atoms with van der Waals surface area (Å²) in [6, 6.07) is 9.92. The average molecular weight is 367 g/mol. The van der Waals surface area contributed by atoms with E-state index in [9.17, 15) is 9.59 Å². The van der Waals surface area contributed by atoms with Gasteiger partial charge in [-0.2, -0.15) is 0 Å². The molecule has 1 aromatic heterocycles. The van der Waals surface area contributed by atoms with Crippen LogP contribution in [0.2, 0.25) is 0 Å². The first kappa shape index (κ1) is 17.7. The van der Waals surface area contributed by atoms with Crippen LogP contribution in [0.3, 0.4) is 0 Å². The lowest BCUT2D eigenvalue weighted by Gasteiger charge is -2.28. The Hall–Kier alpha value is -2.70. The van der Waals surface area contributed by atoms with Crippen molar-refractivity contribution in [1.29, 1.82) is 0 Å². The molecule has 3 heterocycles. The van der Waals surface area contributed by atoms with E-state index in [1.54, 1.807) is 11.9 Å². The number of likely N-dealkylation sites (tertiary alicyclic amines) is 1. The maximum Gasteiger partial charge on any atom is 0.242 e. The number of likely N-dealkylation sites (N-methyl/N-ethyl adjacent to an activating group) is 1. The smallest absolute Gasteiger partial charge is 0.242 e. The lowest BCUT2D eigenvalue weighted by molar-refractivity contribution is -0.140. The summed E-state index contributed by atoms with van der Waals surface area (Å²) < 4.78 is 2.05. The van der Waals surface area contributed by atoms with Crippen molar-refractivity contribution in [1.82, 2.24) is 24.6 Å². The molecule has 2 aliphatic rings. The molecule has 2 amide bonds. The van der Waals surface area contributed by atoms with Gasteiger partial charge in [-0.3, -0.25) is 9.59 Å². The van der Waals surface area contributed by atoms with Gasteiger partial charge >= 0.3 is 0 Å². The first-order chi connectivity index (χ1) is 13.1. The van der Waals surface area contributed by atoms with Crippen LogP contribution in [0.1, 0.15) is 37.4 Å². The van der Waals surface area contributed by atoms with Crippen molar-refractivity contribution >= 4 is 11.8 Å². The van der Waals surface area contributed by atoms with E-state index in [2.05, 4.69) is 14.8 Å². The van der Waals surface area contributed by atoms with Crippen LogP contribution in [0.5, 0.6) is 0 Å². The van der Waals surface area contributed by atoms with Crippen LogP contribution < -0.4 is 0 Å². The molecule has 0 bridgehead atoms. The maximum absolute atomic E-state index is 13.0. The summed E-state index contributed by atoms with van der Waals surface area (Å²) in [6.45, 7) is 2.56. The minimum absolute atomic E-state index is 0.0330. The molecule has 1 aromatic carbocycles. The zero-order valence-electron chi connectivity index (χ0n) is 15.7. The highest BCUT2D eigenvalue weighted by Gasteiger charge is 2.33. The molecule has 2 aliphatic heterocycles. The summed E-state index contributed by atoms with van der Waals surface area (Å²) in [7, 11) is 1.71. The number of aromatic nitrogens is 3. The molecule has 27 heavy (non-hydrogen) atoms. The van der Waals surface area contributed by atoms with Crippen molar-refractivity contribution < 1.29 is 9.59 Å². The van der Waals surface area contributed by atoms with Crippen LogP contribution in [0, 0.1) is 0 Å². The molecule has 0 aliphatic carbocycles. The van der Waals surface area contributed by atoms with Crippen LogP contribution in [0.4, 0.5) is 0 Å². The van der Waals surface area contributed by atoms with Crippen molar-refractivity contribution in [2.75, 3.05) is 26.7 Å². The molecule has 1 fully saturated rings. The number of rotatable bonds is 4. The van der Waals surface area contributed by atoms with E-state index < -0.39 is 0 Å². The molecule has 0 radical (unpaired) electrons. The van der Waals surface area contributed by atoms with Crippen molar-refractivity contribution in [2.45, 2.75) is 38.1 Å². The predicted octanol–water partition coefficient (Wildman–Crippen LogP) is 1.90. The first-order valence-electron chi connectivity index (χ1n) is 9.66. The molecule has 0 spiro atoms. The molecule has 1 saturated heterocycles. The third kappa shape index (κ3) is 3.46. The Morgan fingerprint density at radius 2 is 1.81 bits per heavy atom. The lowest BCUT2D eigenvalue weighted by Crippen LogP contribution is -2.42. The van der Waals surface area contributed by atoms with Gasteiger partial charge in [0.25, 0.3) is 0 Å². The summed E-state index contributed by atoms with van der Waals surface area (Å²) in [5.74, 6) is 1.17. The normalized spacial score (nSPS) is 19.0. The van der Waals surface area contributed by atoms with E-state index in [1.165, 1.54) is 0 Å². The molecule has 0 N–H and O–H groups in total. The highest BCUT2D eigenvalue weighted by molar-refractivity contribution is 5.88. The number of hydrogen-bond donors (Lipinski definition) is 0. The monoisotopic (exact) mass is 367 g/mol. The molecule has 7 heteroatoms. The number of nitrogens with zero attached hydrogens (tertiary/aromatic N) is 5. The van der Waals surface area contributed by atoms with Gasteiger partial charge in [-0.05, 0) is 25.7 Å². The van der Waals surface area contributed by atoms with E-state index in [0.29, 0.717) is 5.82 Å². The van der Waals surface area contributed by atoms with E-state index in [1.807, 2.05) is 35.2 Å². The van der Waals surface area contributed by atoms with Crippen LogP contribution in [0.25, 0.3) is 11.4 Å². The molecule has 1 unspecified atom stereocenters. The van der Waals surface area contributed by atoms with Crippen molar-refractivity contribution in [3.63, 3.8) is 0 Å². The Labute approximate surface area is 159 Å². The quantitative estimate of drug-likeness (QED) is 0.828. The molecule has 2 aromatic rings. The Morgan fingerprint density at radius 1 is 1.07 bits per heavy atom. The highest BCUT2D eigenvalue weighted by Crippen LogP contribution is 2.31. The Bertz CT molecular complexity index is 826. The van der Waals surface area contributed by atoms with Crippen LogP contribution >= 0.6 is 0 Å². The second-order valence-electron chi connectivity index (χ2n) is 7.38. The summed E-state index contributed by atoms with van der Waals surface area (Å²) in [6.07, 6.45) is 3.75. The second kappa shape index (κ2) is 7.50. The van der Waals surface area contributed by atoms with Crippen LogP contribution in [-0.4, -0.2) is 63.1 Å². The number of carbonyl (C=O) groups is 2. The molecule has 0 saturated carbocycles. The van der Waals surface area contributed by atoms with E-state index in [-0.39, 0.29) is 24.3 Å². The SMILES string of the molecule is CN(CC(=O)N1CCCC1)C(=O)C1CCCn2c(-c3ccccc3)nnc21. The van der Waals surface area contributed by atoms with Gasteiger partial charge in [-0.15, -0.1) is 10.2 Å². The Kier molecular flexibility index (Phi) is 4.92. The van der Waals surface area contributed by atoms with Gasteiger partial charge in [0.1, 0.15) is 5.82 Å². The van der Waals surface area contributed by atoms with E-state index in [4.69, 9.17) is 0 Å². The maximum atomic E-state index is 13.0. The van der Waals surface area contributed by atoms with Crippen molar-refractivity contribution in [3.05, 3.63) is 36.2 Å². The number of hydrogen-bond acceptors (Lipinski definition) is 4. The van der Waals surface area contributed by atoms with Gasteiger partial charge in [0.05, 0.1) is 12.5 Å². The molecule has 1 atom stereocenters. The van der Waals surface area contributed by atoms with E-state index >= 15 is 0 Å². The van der Waals surface area contributed by atoms with E-state index in [0.717, 1.165) is 56.7 Å². The lowest BCUT2D eigenvalue weighted by atomic mass is 9.97. The van der Waals surface area contributed by atoms with Crippen molar-refractivity contribution in [3.8, 4) is 11.4 Å². The summed E-state index contributed by atoms with van der Waals surface area (Å²) in [4.78, 5) is 28.8. The summed E-state index contributed by atoms with van der Waals surface area (Å²) in [5.41, 5.74) is 1.00. The molecular formula is C20H25N5O2. The summed E-state index contributed by atoms with van der Waals surface area (Å²) in [5, 5.41) is 8.70. The first-order valence-corrected chi connectivity index (χ1v) is 9.66. The van der Waals surface area contributed by atoms with Crippen molar-refractivity contribution in [2.24, 2.45) is 0 Å². The number of amides is 2. The molecule has 4 rings (SSSR count). The minimum atomic E-state index is -0.333. The van der Waals surface area contributed by atoms with Crippen LogP contribution in [-0.2, 0) is 16.1 Å². The third-order valence-electron chi connectivity index (χ3n) is 5.50. The summed E-state index contributed by atoms with van der Waals surface area (Å²) >= 11 is 0. The molecule has 7 nitrogen and oxygen atoms in total. The van der Waals surface area contributed by atoms with Gasteiger partial charge in [0, 0.05) is 32.2 Å². The zero-order valence-corrected chi connectivity index (χ0v) is 15.7. The largest absolute Gasteiger partial charge is 0.341 e.